The normalized spacial score (nSPS) is 10.7. The molecule has 0 aliphatic rings. The zero-order valence-corrected chi connectivity index (χ0v) is 16.2. The van der Waals surface area contributed by atoms with Crippen LogP contribution in [-0.4, -0.2) is 23.0 Å². The summed E-state index contributed by atoms with van der Waals surface area (Å²) in [5.41, 5.74) is 8.24. The van der Waals surface area contributed by atoms with Gasteiger partial charge in [-0.3, -0.25) is 9.78 Å². The standard InChI is InChI=1S/C23H19FN4O2/c1-30-21-12-18(24)7-8-20(21)28(23(29)17-3-2-10-26-13-17)14-15-4-5-16-6-9-22(25)27-19(16)11-15/h2-13H,14H2,1H3,(H2,25,27). The number of anilines is 2. The van der Waals surface area contributed by atoms with Gasteiger partial charge in [0.25, 0.3) is 5.91 Å². The fourth-order valence-corrected chi connectivity index (χ4v) is 3.25. The molecular formula is C23H19FN4O2. The van der Waals surface area contributed by atoms with Gasteiger partial charge in [-0.25, -0.2) is 9.37 Å². The van der Waals surface area contributed by atoms with Gasteiger partial charge in [-0.1, -0.05) is 12.1 Å². The summed E-state index contributed by atoms with van der Waals surface area (Å²) >= 11 is 0. The second-order valence-electron chi connectivity index (χ2n) is 6.71. The van der Waals surface area contributed by atoms with Gasteiger partial charge in [0.05, 0.1) is 30.4 Å². The molecule has 7 heteroatoms. The number of fused-ring (bicyclic) bond motifs is 1. The molecule has 0 unspecified atom stereocenters. The van der Waals surface area contributed by atoms with E-state index in [0.29, 0.717) is 17.1 Å². The number of hydrogen-bond acceptors (Lipinski definition) is 5. The average Bonchev–Trinajstić information content (AvgIpc) is 2.77. The molecule has 2 aromatic carbocycles. The monoisotopic (exact) mass is 402 g/mol. The lowest BCUT2D eigenvalue weighted by molar-refractivity contribution is 0.0984. The molecule has 2 heterocycles. The van der Waals surface area contributed by atoms with Crippen LogP contribution in [-0.2, 0) is 6.54 Å². The van der Waals surface area contributed by atoms with Crippen molar-refractivity contribution in [2.24, 2.45) is 0 Å². The van der Waals surface area contributed by atoms with Crippen LogP contribution in [0, 0.1) is 5.82 Å². The lowest BCUT2D eigenvalue weighted by Gasteiger charge is -2.25. The highest BCUT2D eigenvalue weighted by Crippen LogP contribution is 2.32. The van der Waals surface area contributed by atoms with E-state index < -0.39 is 5.82 Å². The van der Waals surface area contributed by atoms with Gasteiger partial charge in [0.15, 0.2) is 0 Å². The highest BCUT2D eigenvalue weighted by atomic mass is 19.1. The van der Waals surface area contributed by atoms with E-state index in [-0.39, 0.29) is 18.2 Å². The smallest absolute Gasteiger partial charge is 0.260 e. The molecule has 0 fully saturated rings. The average molecular weight is 402 g/mol. The molecule has 0 radical (unpaired) electrons. The van der Waals surface area contributed by atoms with E-state index in [1.165, 1.54) is 36.4 Å². The van der Waals surface area contributed by atoms with E-state index in [0.717, 1.165) is 16.5 Å². The van der Waals surface area contributed by atoms with Crippen LogP contribution >= 0.6 is 0 Å². The molecule has 0 bridgehead atoms. The molecule has 0 saturated carbocycles. The number of carbonyl (C=O) groups excluding carboxylic acids is 1. The minimum atomic E-state index is -0.449. The molecule has 4 aromatic rings. The quantitative estimate of drug-likeness (QED) is 0.541. The van der Waals surface area contributed by atoms with Crippen LogP contribution in [0.4, 0.5) is 15.9 Å². The Hall–Kier alpha value is -4.00. The number of nitrogens with two attached hydrogens (primary N) is 1. The Balaban J connectivity index is 1.78. The number of halogens is 1. The number of amides is 1. The zero-order valence-electron chi connectivity index (χ0n) is 16.2. The Morgan fingerprint density at radius 1 is 1.13 bits per heavy atom. The van der Waals surface area contributed by atoms with Crippen molar-refractivity contribution < 1.29 is 13.9 Å². The van der Waals surface area contributed by atoms with Crippen LogP contribution in [0.5, 0.6) is 5.75 Å². The number of hydrogen-bond donors (Lipinski definition) is 1. The maximum atomic E-state index is 13.7. The second-order valence-corrected chi connectivity index (χ2v) is 6.71. The van der Waals surface area contributed by atoms with Gasteiger partial charge < -0.3 is 15.4 Å². The number of nitrogens with zero attached hydrogens (tertiary/aromatic N) is 3. The van der Waals surface area contributed by atoms with Crippen molar-refractivity contribution in [2.45, 2.75) is 6.54 Å². The summed E-state index contributed by atoms with van der Waals surface area (Å²) in [5, 5.41) is 0.942. The van der Waals surface area contributed by atoms with E-state index in [2.05, 4.69) is 9.97 Å². The minimum absolute atomic E-state index is 0.224. The number of pyridine rings is 2. The topological polar surface area (TPSA) is 81.3 Å². The molecular weight excluding hydrogens is 383 g/mol. The highest BCUT2D eigenvalue weighted by Gasteiger charge is 2.22. The van der Waals surface area contributed by atoms with Crippen LogP contribution in [0.3, 0.4) is 0 Å². The Bertz CT molecular complexity index is 1210. The molecule has 1 amide bonds. The third-order valence-corrected chi connectivity index (χ3v) is 4.70. The van der Waals surface area contributed by atoms with Crippen LogP contribution in [0.15, 0.2) is 73.1 Å². The largest absolute Gasteiger partial charge is 0.494 e. The number of ether oxygens (including phenoxy) is 1. The summed E-state index contributed by atoms with van der Waals surface area (Å²) in [6.45, 7) is 0.224. The summed E-state index contributed by atoms with van der Waals surface area (Å²) < 4.78 is 19.1. The molecule has 0 saturated heterocycles. The van der Waals surface area contributed by atoms with E-state index in [1.54, 1.807) is 24.4 Å². The van der Waals surface area contributed by atoms with Gasteiger partial charge in [0.2, 0.25) is 0 Å². The first-order valence-corrected chi connectivity index (χ1v) is 9.26. The molecule has 2 aromatic heterocycles. The Morgan fingerprint density at radius 3 is 2.73 bits per heavy atom. The van der Waals surface area contributed by atoms with Gasteiger partial charge in [-0.2, -0.15) is 0 Å². The van der Waals surface area contributed by atoms with Gasteiger partial charge in [0.1, 0.15) is 17.4 Å². The van der Waals surface area contributed by atoms with E-state index in [4.69, 9.17) is 10.5 Å². The molecule has 30 heavy (non-hydrogen) atoms. The van der Waals surface area contributed by atoms with Crippen LogP contribution < -0.4 is 15.4 Å². The number of carbonyl (C=O) groups is 1. The summed E-state index contributed by atoms with van der Waals surface area (Å²) in [6.07, 6.45) is 3.09. The Labute approximate surface area is 172 Å². The maximum absolute atomic E-state index is 13.7. The zero-order chi connectivity index (χ0) is 21.1. The maximum Gasteiger partial charge on any atom is 0.260 e. The summed E-state index contributed by atoms with van der Waals surface area (Å²) in [4.78, 5) is 23.2. The van der Waals surface area contributed by atoms with Gasteiger partial charge in [0, 0.05) is 23.8 Å². The van der Waals surface area contributed by atoms with Crippen molar-refractivity contribution in [1.82, 2.24) is 9.97 Å². The van der Waals surface area contributed by atoms with Crippen LogP contribution in [0.2, 0.25) is 0 Å². The molecule has 0 spiro atoms. The van der Waals surface area contributed by atoms with Crippen molar-refractivity contribution in [2.75, 3.05) is 17.7 Å². The first-order chi connectivity index (χ1) is 14.5. The third kappa shape index (κ3) is 3.91. The third-order valence-electron chi connectivity index (χ3n) is 4.70. The lowest BCUT2D eigenvalue weighted by Crippen LogP contribution is -2.31. The fraction of sp³-hybridized carbons (Fsp3) is 0.0870. The van der Waals surface area contributed by atoms with Crippen molar-refractivity contribution in [3.05, 3.63) is 90.0 Å². The van der Waals surface area contributed by atoms with Crippen molar-refractivity contribution >= 4 is 28.3 Å². The van der Waals surface area contributed by atoms with Gasteiger partial charge in [-0.15, -0.1) is 0 Å². The predicted octanol–water partition coefficient (Wildman–Crippen LogP) is 4.21. The fourth-order valence-electron chi connectivity index (χ4n) is 3.25. The molecule has 0 aliphatic carbocycles. The minimum Gasteiger partial charge on any atom is -0.494 e. The SMILES string of the molecule is COc1cc(F)ccc1N(Cc1ccc2ccc(N)nc2c1)C(=O)c1cccnc1. The summed E-state index contributed by atoms with van der Waals surface area (Å²) in [6, 6.07) is 16.8. The van der Waals surface area contributed by atoms with E-state index in [9.17, 15) is 9.18 Å². The Kier molecular flexibility index (Phi) is 5.26. The molecule has 4 rings (SSSR count). The van der Waals surface area contributed by atoms with Crippen molar-refractivity contribution in [1.29, 1.82) is 0 Å². The lowest BCUT2D eigenvalue weighted by atomic mass is 10.1. The van der Waals surface area contributed by atoms with E-state index >= 15 is 0 Å². The van der Waals surface area contributed by atoms with Crippen molar-refractivity contribution in [3.63, 3.8) is 0 Å². The van der Waals surface area contributed by atoms with E-state index in [1.807, 2.05) is 24.3 Å². The van der Waals surface area contributed by atoms with Gasteiger partial charge in [-0.05, 0) is 48.0 Å². The molecule has 150 valence electrons. The molecule has 6 nitrogen and oxygen atoms in total. The van der Waals surface area contributed by atoms with Crippen LogP contribution in [0.25, 0.3) is 10.9 Å². The van der Waals surface area contributed by atoms with Crippen LogP contribution in [0.1, 0.15) is 15.9 Å². The van der Waals surface area contributed by atoms with Crippen molar-refractivity contribution in [3.8, 4) is 5.75 Å². The number of benzene rings is 2. The highest BCUT2D eigenvalue weighted by molar-refractivity contribution is 6.06. The number of methoxy groups -OCH3 is 1. The summed E-state index contributed by atoms with van der Waals surface area (Å²) in [7, 11) is 1.44. The number of nitrogen functional groups attached to an aromatic ring is 1. The second kappa shape index (κ2) is 8.16. The molecule has 2 N–H and O–H groups in total. The first kappa shape index (κ1) is 19.3. The summed E-state index contributed by atoms with van der Waals surface area (Å²) in [5.74, 6) is -0.0538. The Morgan fingerprint density at radius 2 is 1.97 bits per heavy atom. The van der Waals surface area contributed by atoms with Gasteiger partial charge >= 0.3 is 0 Å². The molecule has 0 atom stereocenters. The number of aromatic nitrogens is 2. The first-order valence-electron chi connectivity index (χ1n) is 9.26. The number of rotatable bonds is 5. The molecule has 0 aliphatic heterocycles. The predicted molar refractivity (Wildman–Crippen MR) is 114 cm³/mol.